The number of benzene rings is 1. The number of hydrogen-bond donors (Lipinski definition) is 2. The van der Waals surface area contributed by atoms with Crippen LogP contribution < -0.4 is 5.56 Å². The molecule has 0 aliphatic rings. The highest BCUT2D eigenvalue weighted by atomic mass is 35.5. The summed E-state index contributed by atoms with van der Waals surface area (Å²) in [7, 11) is 0. The van der Waals surface area contributed by atoms with Crippen molar-refractivity contribution in [3.05, 3.63) is 75.0 Å². The molecular formula is C25H28ClN3O4S. The number of H-pyrrole nitrogens is 1. The molecular weight excluding hydrogens is 474 g/mol. The number of aromatic amines is 1. The maximum absolute atomic E-state index is 13.0. The molecule has 0 saturated carbocycles. The van der Waals surface area contributed by atoms with Crippen LogP contribution in [0.4, 0.5) is 0 Å². The molecule has 0 amide bonds. The zero-order valence-corrected chi connectivity index (χ0v) is 20.9. The average molecular weight is 502 g/mol. The van der Waals surface area contributed by atoms with Gasteiger partial charge in [-0.1, -0.05) is 23.7 Å². The minimum atomic E-state index is -0.706. The zero-order chi connectivity index (χ0) is 24.3. The predicted molar refractivity (Wildman–Crippen MR) is 135 cm³/mol. The highest BCUT2D eigenvalue weighted by molar-refractivity contribution is 7.17. The highest BCUT2D eigenvalue weighted by Gasteiger charge is 2.20. The third-order valence-electron chi connectivity index (χ3n) is 5.16. The fraction of sp³-hybridized carbons (Fsp3) is 0.360. The monoisotopic (exact) mass is 501 g/mol. The Morgan fingerprint density at radius 2 is 2.00 bits per heavy atom. The van der Waals surface area contributed by atoms with E-state index in [1.54, 1.807) is 18.4 Å². The standard InChI is InChI=1S/C25H28ClN3O4S/c1-25(2,3)33-14-18(30)11-29(12-19-5-4-10-32-19)13-21-27-23(31)22-20(15-34-24(22)28-21)16-6-8-17(26)9-7-16/h4-10,15,18,30H,11-14H2,1-3H3,(H,27,28,31). The van der Waals surface area contributed by atoms with E-state index >= 15 is 0 Å². The fourth-order valence-electron chi connectivity index (χ4n) is 3.63. The number of ether oxygens (including phenoxy) is 1. The second-order valence-corrected chi connectivity index (χ2v) is 10.5. The van der Waals surface area contributed by atoms with Crippen molar-refractivity contribution in [2.75, 3.05) is 13.2 Å². The van der Waals surface area contributed by atoms with Crippen molar-refractivity contribution < 1.29 is 14.3 Å². The van der Waals surface area contributed by atoms with Gasteiger partial charge in [0.1, 0.15) is 16.4 Å². The SMILES string of the molecule is CC(C)(C)OCC(O)CN(Cc1nc2scc(-c3ccc(Cl)cc3)c2c(=O)[nH]1)Cc1ccco1. The fourth-order valence-corrected chi connectivity index (χ4v) is 4.72. The van der Waals surface area contributed by atoms with Gasteiger partial charge in [-0.15, -0.1) is 11.3 Å². The summed E-state index contributed by atoms with van der Waals surface area (Å²) in [6.45, 7) is 7.18. The van der Waals surface area contributed by atoms with Gasteiger partial charge < -0.3 is 19.2 Å². The molecule has 1 unspecified atom stereocenters. The van der Waals surface area contributed by atoms with Gasteiger partial charge in [-0.05, 0) is 50.6 Å². The molecule has 4 rings (SSSR count). The van der Waals surface area contributed by atoms with Crippen LogP contribution in [0.2, 0.25) is 5.02 Å². The maximum Gasteiger partial charge on any atom is 0.260 e. The Morgan fingerprint density at radius 3 is 2.68 bits per heavy atom. The molecule has 34 heavy (non-hydrogen) atoms. The number of halogens is 1. The van der Waals surface area contributed by atoms with E-state index in [9.17, 15) is 9.90 Å². The van der Waals surface area contributed by atoms with E-state index in [0.717, 1.165) is 16.9 Å². The lowest BCUT2D eigenvalue weighted by atomic mass is 10.1. The summed E-state index contributed by atoms with van der Waals surface area (Å²) in [5, 5.41) is 13.7. The van der Waals surface area contributed by atoms with Crippen LogP contribution in [0, 0.1) is 0 Å². The van der Waals surface area contributed by atoms with Crippen molar-refractivity contribution >= 4 is 33.2 Å². The Kier molecular flexibility index (Phi) is 7.54. The van der Waals surface area contributed by atoms with Gasteiger partial charge in [0.2, 0.25) is 0 Å². The molecule has 180 valence electrons. The number of rotatable bonds is 9. The third-order valence-corrected chi connectivity index (χ3v) is 6.28. The van der Waals surface area contributed by atoms with Crippen molar-refractivity contribution in [3.63, 3.8) is 0 Å². The molecule has 1 aromatic carbocycles. The quantitative estimate of drug-likeness (QED) is 0.332. The van der Waals surface area contributed by atoms with E-state index in [4.69, 9.17) is 25.7 Å². The molecule has 1 atom stereocenters. The second-order valence-electron chi connectivity index (χ2n) is 9.18. The first-order chi connectivity index (χ1) is 16.2. The third kappa shape index (κ3) is 6.34. The first kappa shape index (κ1) is 24.6. The number of thiophene rings is 1. The number of nitrogens with one attached hydrogen (secondary N) is 1. The summed E-state index contributed by atoms with van der Waals surface area (Å²) in [5.74, 6) is 1.28. The summed E-state index contributed by atoms with van der Waals surface area (Å²) < 4.78 is 11.2. The van der Waals surface area contributed by atoms with Gasteiger partial charge in [0, 0.05) is 22.5 Å². The topological polar surface area (TPSA) is 91.6 Å². The number of aliphatic hydroxyl groups is 1. The Morgan fingerprint density at radius 1 is 1.24 bits per heavy atom. The van der Waals surface area contributed by atoms with Crippen LogP contribution in [0.3, 0.4) is 0 Å². The smallest absolute Gasteiger partial charge is 0.260 e. The average Bonchev–Trinajstić information content (AvgIpc) is 3.42. The molecule has 0 aliphatic heterocycles. The van der Waals surface area contributed by atoms with Crippen LogP contribution in [0.5, 0.6) is 0 Å². The lowest BCUT2D eigenvalue weighted by Crippen LogP contribution is -2.37. The molecule has 0 fully saturated rings. The highest BCUT2D eigenvalue weighted by Crippen LogP contribution is 2.31. The summed E-state index contributed by atoms with van der Waals surface area (Å²) in [4.78, 5) is 23.3. The largest absolute Gasteiger partial charge is 0.468 e. The lowest BCUT2D eigenvalue weighted by molar-refractivity contribution is -0.0577. The van der Waals surface area contributed by atoms with E-state index in [1.807, 2.05) is 55.3 Å². The van der Waals surface area contributed by atoms with Gasteiger partial charge in [-0.25, -0.2) is 4.98 Å². The van der Waals surface area contributed by atoms with Crippen LogP contribution in [0.25, 0.3) is 21.3 Å². The number of furan rings is 1. The molecule has 0 bridgehead atoms. The zero-order valence-electron chi connectivity index (χ0n) is 19.4. The summed E-state index contributed by atoms with van der Waals surface area (Å²) in [6.07, 6.45) is 0.908. The Hall–Kier alpha value is -2.49. The maximum atomic E-state index is 13.0. The number of aliphatic hydroxyl groups excluding tert-OH is 1. The Balaban J connectivity index is 1.56. The molecule has 7 nitrogen and oxygen atoms in total. The number of aromatic nitrogens is 2. The van der Waals surface area contributed by atoms with Crippen LogP contribution in [-0.2, 0) is 17.8 Å². The van der Waals surface area contributed by atoms with E-state index in [2.05, 4.69) is 4.98 Å². The molecule has 4 aromatic rings. The minimum absolute atomic E-state index is 0.194. The van der Waals surface area contributed by atoms with Gasteiger partial charge in [-0.2, -0.15) is 0 Å². The normalized spacial score (nSPS) is 13.1. The molecule has 0 radical (unpaired) electrons. The van der Waals surface area contributed by atoms with Crippen LogP contribution >= 0.6 is 22.9 Å². The van der Waals surface area contributed by atoms with Crippen LogP contribution in [-0.4, -0.2) is 44.8 Å². The number of nitrogens with zero attached hydrogens (tertiary/aromatic N) is 2. The Bertz CT molecular complexity index is 1280. The van der Waals surface area contributed by atoms with Crippen molar-refractivity contribution in [1.82, 2.24) is 14.9 Å². The van der Waals surface area contributed by atoms with Gasteiger partial charge >= 0.3 is 0 Å². The van der Waals surface area contributed by atoms with E-state index < -0.39 is 6.10 Å². The predicted octanol–water partition coefficient (Wildman–Crippen LogP) is 5.08. The summed E-state index contributed by atoms with van der Waals surface area (Å²) in [5.41, 5.74) is 1.21. The van der Waals surface area contributed by atoms with Crippen molar-refractivity contribution in [3.8, 4) is 11.1 Å². The molecule has 0 spiro atoms. The number of fused-ring (bicyclic) bond motifs is 1. The first-order valence-corrected chi connectivity index (χ1v) is 12.3. The first-order valence-electron chi connectivity index (χ1n) is 11.0. The van der Waals surface area contributed by atoms with Gasteiger partial charge in [0.05, 0.1) is 43.1 Å². The lowest BCUT2D eigenvalue weighted by Gasteiger charge is -2.26. The summed E-state index contributed by atoms with van der Waals surface area (Å²) >= 11 is 7.43. The van der Waals surface area contributed by atoms with Crippen molar-refractivity contribution in [1.29, 1.82) is 0 Å². The molecule has 2 N–H and O–H groups in total. The van der Waals surface area contributed by atoms with E-state index in [0.29, 0.717) is 40.7 Å². The minimum Gasteiger partial charge on any atom is -0.468 e. The molecule has 9 heteroatoms. The van der Waals surface area contributed by atoms with Crippen LogP contribution in [0.1, 0.15) is 32.4 Å². The van der Waals surface area contributed by atoms with Crippen molar-refractivity contribution in [2.24, 2.45) is 0 Å². The van der Waals surface area contributed by atoms with Crippen LogP contribution in [0.15, 0.2) is 57.3 Å². The number of hydrogen-bond acceptors (Lipinski definition) is 7. The molecule has 0 aliphatic carbocycles. The molecule has 3 aromatic heterocycles. The van der Waals surface area contributed by atoms with Gasteiger partial charge in [0.15, 0.2) is 0 Å². The van der Waals surface area contributed by atoms with Gasteiger partial charge in [-0.3, -0.25) is 9.69 Å². The molecule has 3 heterocycles. The second kappa shape index (κ2) is 10.4. The van der Waals surface area contributed by atoms with Crippen molar-refractivity contribution in [2.45, 2.75) is 45.6 Å². The summed E-state index contributed by atoms with van der Waals surface area (Å²) in [6, 6.07) is 11.1. The Labute approximate surface area is 207 Å². The van der Waals surface area contributed by atoms with E-state index in [1.165, 1.54) is 11.3 Å². The van der Waals surface area contributed by atoms with E-state index in [-0.39, 0.29) is 17.8 Å². The molecule has 0 saturated heterocycles. The van der Waals surface area contributed by atoms with Gasteiger partial charge in [0.25, 0.3) is 5.56 Å².